The number of aliphatic imine (C=N–C) groups is 1. The van der Waals surface area contributed by atoms with Crippen LogP contribution in [0.25, 0.3) is 10.6 Å². The van der Waals surface area contributed by atoms with Crippen molar-refractivity contribution in [2.75, 3.05) is 16.0 Å². The Labute approximate surface area is 219 Å². The fourth-order valence-corrected chi connectivity index (χ4v) is 6.36. The lowest BCUT2D eigenvalue weighted by molar-refractivity contribution is -0.124. The van der Waals surface area contributed by atoms with Crippen LogP contribution in [0.5, 0.6) is 0 Å². The molecule has 1 aliphatic heterocycles. The molecule has 0 aromatic carbocycles. The van der Waals surface area contributed by atoms with E-state index < -0.39 is 12.0 Å². The van der Waals surface area contributed by atoms with Crippen LogP contribution in [0.2, 0.25) is 0 Å². The van der Waals surface area contributed by atoms with Gasteiger partial charge in [0, 0.05) is 17.7 Å². The lowest BCUT2D eigenvalue weighted by Gasteiger charge is -2.33. The first-order valence-electron chi connectivity index (χ1n) is 12.3. The molecule has 0 bridgehead atoms. The van der Waals surface area contributed by atoms with E-state index in [0.717, 1.165) is 42.6 Å². The minimum Gasteiger partial charge on any atom is -0.477 e. The molecule has 1 fully saturated rings. The monoisotopic (exact) mass is 528 g/mol. The summed E-state index contributed by atoms with van der Waals surface area (Å²) in [5.41, 5.74) is 4.11. The van der Waals surface area contributed by atoms with Crippen molar-refractivity contribution in [1.82, 2.24) is 4.98 Å². The number of aromatic nitrogens is 1. The summed E-state index contributed by atoms with van der Waals surface area (Å²) in [4.78, 5) is 49.3. The molecule has 8 nitrogen and oxygen atoms in total. The maximum absolute atomic E-state index is 13.5. The van der Waals surface area contributed by atoms with Crippen LogP contribution in [-0.2, 0) is 9.59 Å². The van der Waals surface area contributed by atoms with E-state index in [-0.39, 0.29) is 28.7 Å². The molecule has 4 rings (SSSR count). The first kappa shape index (κ1) is 26.3. The van der Waals surface area contributed by atoms with Crippen LogP contribution >= 0.6 is 23.1 Å². The van der Waals surface area contributed by atoms with E-state index >= 15 is 0 Å². The molecule has 2 aromatic heterocycles. The van der Waals surface area contributed by atoms with Crippen LogP contribution in [0.1, 0.15) is 61.7 Å². The number of carboxylic acids is 1. The van der Waals surface area contributed by atoms with E-state index in [0.29, 0.717) is 33.6 Å². The van der Waals surface area contributed by atoms with Gasteiger partial charge in [0.15, 0.2) is 0 Å². The Hall–Kier alpha value is -2.72. The van der Waals surface area contributed by atoms with Gasteiger partial charge in [-0.3, -0.25) is 19.6 Å². The number of nitrogens with zero attached hydrogens (tertiary/aromatic N) is 3. The summed E-state index contributed by atoms with van der Waals surface area (Å²) in [5.74, 6) is -0.0813. The number of thioether (sulfide) groups is 1. The molecule has 10 heteroatoms. The Morgan fingerprint density at radius 2 is 1.89 bits per heavy atom. The molecular weight excluding hydrogens is 496 g/mol. The number of carboxylic acid groups (broad SMARTS) is 1. The standard InChI is InChI=1S/C26H32N4O4S2/c1-14(2)30(25(32)17-7-5-15(3)6-8-17)21-10-22(36-23(21)26(33)34)18-9-16(4)19(11-27-18)29-24(31)20-12-35-13-28-20/h9-11,13-15,17,20H,5-8,12H2,1-4H3,(H,29,31)(H,33,34)/t15-,17-,20?. The summed E-state index contributed by atoms with van der Waals surface area (Å²) in [6.07, 6.45) is 5.29. The summed E-state index contributed by atoms with van der Waals surface area (Å²) in [6.45, 7) is 7.91. The van der Waals surface area contributed by atoms with E-state index in [9.17, 15) is 19.5 Å². The molecular formula is C26H32N4O4S2. The molecule has 1 saturated carbocycles. The number of rotatable bonds is 7. The van der Waals surface area contributed by atoms with Crippen LogP contribution in [0.15, 0.2) is 23.3 Å². The van der Waals surface area contributed by atoms with E-state index in [1.165, 1.54) is 11.8 Å². The second kappa shape index (κ2) is 11.1. The average molecular weight is 529 g/mol. The van der Waals surface area contributed by atoms with Crippen molar-refractivity contribution < 1.29 is 19.5 Å². The van der Waals surface area contributed by atoms with E-state index in [2.05, 4.69) is 22.2 Å². The zero-order valence-electron chi connectivity index (χ0n) is 21.0. The van der Waals surface area contributed by atoms with Gasteiger partial charge < -0.3 is 15.3 Å². The number of aromatic carboxylic acids is 1. The fourth-order valence-electron chi connectivity index (χ4n) is 4.67. The number of anilines is 2. The third-order valence-corrected chi connectivity index (χ3v) is 8.69. The highest BCUT2D eigenvalue weighted by molar-refractivity contribution is 8.12. The van der Waals surface area contributed by atoms with Crippen LogP contribution in [0.3, 0.4) is 0 Å². The number of amides is 2. The molecule has 2 N–H and O–H groups in total. The van der Waals surface area contributed by atoms with Gasteiger partial charge in [-0.05, 0) is 70.1 Å². The molecule has 0 radical (unpaired) electrons. The molecule has 3 heterocycles. The lowest BCUT2D eigenvalue weighted by atomic mass is 9.82. The normalized spacial score (nSPS) is 21.5. The minimum atomic E-state index is -1.06. The number of carbonyl (C=O) groups excluding carboxylic acids is 2. The molecule has 2 aromatic rings. The Morgan fingerprint density at radius 1 is 1.17 bits per heavy atom. The summed E-state index contributed by atoms with van der Waals surface area (Å²) in [7, 11) is 0. The van der Waals surface area contributed by atoms with E-state index in [1.54, 1.807) is 22.7 Å². The lowest BCUT2D eigenvalue weighted by Crippen LogP contribution is -2.42. The highest BCUT2D eigenvalue weighted by atomic mass is 32.2. The quantitative estimate of drug-likeness (QED) is 0.493. The molecule has 1 atom stereocenters. The van der Waals surface area contributed by atoms with Gasteiger partial charge in [-0.15, -0.1) is 23.1 Å². The van der Waals surface area contributed by atoms with Gasteiger partial charge in [0.1, 0.15) is 10.9 Å². The van der Waals surface area contributed by atoms with Gasteiger partial charge in [-0.25, -0.2) is 4.79 Å². The number of hydrogen-bond acceptors (Lipinski definition) is 7. The number of aryl methyl sites for hydroxylation is 1. The molecule has 1 aliphatic carbocycles. The summed E-state index contributed by atoms with van der Waals surface area (Å²) in [6, 6.07) is 3.01. The van der Waals surface area contributed by atoms with Crippen LogP contribution in [0, 0.1) is 18.8 Å². The largest absolute Gasteiger partial charge is 0.477 e. The summed E-state index contributed by atoms with van der Waals surface area (Å²) < 4.78 is 0. The highest BCUT2D eigenvalue weighted by Crippen LogP contribution is 2.40. The molecule has 2 aliphatic rings. The number of hydrogen-bond donors (Lipinski definition) is 2. The number of nitrogens with one attached hydrogen (secondary N) is 1. The second-order valence-corrected chi connectivity index (χ2v) is 11.8. The second-order valence-electron chi connectivity index (χ2n) is 9.87. The van der Waals surface area contributed by atoms with Crippen LogP contribution < -0.4 is 10.2 Å². The van der Waals surface area contributed by atoms with Crippen molar-refractivity contribution in [1.29, 1.82) is 0 Å². The smallest absolute Gasteiger partial charge is 0.348 e. The van der Waals surface area contributed by atoms with E-state index in [1.807, 2.05) is 26.8 Å². The predicted molar refractivity (Wildman–Crippen MR) is 146 cm³/mol. The highest BCUT2D eigenvalue weighted by Gasteiger charge is 2.33. The van der Waals surface area contributed by atoms with Gasteiger partial charge in [0.2, 0.25) is 11.8 Å². The Morgan fingerprint density at radius 3 is 2.47 bits per heavy atom. The predicted octanol–water partition coefficient (Wildman–Crippen LogP) is 5.47. The van der Waals surface area contributed by atoms with E-state index in [4.69, 9.17) is 0 Å². The summed E-state index contributed by atoms with van der Waals surface area (Å²) in [5, 5.41) is 12.9. The minimum absolute atomic E-state index is 0.00122. The van der Waals surface area contributed by atoms with Crippen molar-refractivity contribution in [3.05, 3.63) is 28.8 Å². The SMILES string of the molecule is Cc1cc(-c2cc(N(C(=O)[C@H]3CC[C@H](C)CC3)C(C)C)c(C(=O)O)s2)ncc1NC(=O)C1CSC=N1. The average Bonchev–Trinajstić information content (AvgIpc) is 3.51. The zero-order valence-corrected chi connectivity index (χ0v) is 22.6. The first-order valence-corrected chi connectivity index (χ1v) is 14.1. The Bertz CT molecular complexity index is 1180. The van der Waals surface area contributed by atoms with Crippen molar-refractivity contribution >= 4 is 57.8 Å². The summed E-state index contributed by atoms with van der Waals surface area (Å²) >= 11 is 2.62. The molecule has 1 unspecified atom stereocenters. The van der Waals surface area contributed by atoms with Crippen molar-refractivity contribution in [3.63, 3.8) is 0 Å². The maximum Gasteiger partial charge on any atom is 0.348 e. The molecule has 0 saturated heterocycles. The van der Waals surface area contributed by atoms with Crippen LogP contribution in [0.4, 0.5) is 11.4 Å². The molecule has 0 spiro atoms. The third-order valence-electron chi connectivity index (χ3n) is 6.78. The van der Waals surface area contributed by atoms with Gasteiger partial charge in [-0.2, -0.15) is 0 Å². The van der Waals surface area contributed by atoms with Crippen LogP contribution in [-0.4, -0.2) is 51.3 Å². The topological polar surface area (TPSA) is 112 Å². The zero-order chi connectivity index (χ0) is 26.0. The van der Waals surface area contributed by atoms with Gasteiger partial charge in [0.25, 0.3) is 0 Å². The maximum atomic E-state index is 13.5. The van der Waals surface area contributed by atoms with Crippen molar-refractivity contribution in [2.24, 2.45) is 16.8 Å². The Kier molecular flexibility index (Phi) is 8.14. The van der Waals surface area contributed by atoms with Crippen molar-refractivity contribution in [3.8, 4) is 10.6 Å². The number of pyridine rings is 1. The van der Waals surface area contributed by atoms with Gasteiger partial charge >= 0.3 is 5.97 Å². The number of thiophene rings is 1. The molecule has 2 amide bonds. The third kappa shape index (κ3) is 5.64. The first-order chi connectivity index (χ1) is 17.2. The number of carbonyl (C=O) groups is 3. The fraction of sp³-hybridized carbons (Fsp3) is 0.500. The van der Waals surface area contributed by atoms with Gasteiger partial charge in [-0.1, -0.05) is 6.92 Å². The van der Waals surface area contributed by atoms with Gasteiger partial charge in [0.05, 0.1) is 33.7 Å². The molecule has 36 heavy (non-hydrogen) atoms. The molecule has 192 valence electrons. The Balaban J connectivity index is 1.61. The van der Waals surface area contributed by atoms with Crippen molar-refractivity contribution in [2.45, 2.75) is 65.5 Å².